The Balaban J connectivity index is 2.38. The molecule has 0 bridgehead atoms. The number of carbonyl (C=O) groups excluding carboxylic acids is 1. The summed E-state index contributed by atoms with van der Waals surface area (Å²) in [5, 5.41) is 11.3. The molecule has 0 radical (unpaired) electrons. The number of carboxylic acids is 1. The van der Waals surface area contributed by atoms with Crippen molar-refractivity contribution in [3.8, 4) is 0 Å². The Labute approximate surface area is 114 Å². The molecule has 0 fully saturated rings. The van der Waals surface area contributed by atoms with Crippen LogP contribution in [0.2, 0.25) is 0 Å². The summed E-state index contributed by atoms with van der Waals surface area (Å²) in [5.41, 5.74) is 0.614. The van der Waals surface area contributed by atoms with Gasteiger partial charge in [0, 0.05) is 30.2 Å². The average Bonchev–Trinajstić information content (AvgIpc) is 2.69. The van der Waals surface area contributed by atoms with Crippen molar-refractivity contribution in [3.63, 3.8) is 0 Å². The molecule has 1 aromatic heterocycles. The van der Waals surface area contributed by atoms with E-state index in [4.69, 9.17) is 5.11 Å². The molecule has 0 unspecified atom stereocenters. The number of nitrogens with one attached hydrogen (secondary N) is 1. The highest BCUT2D eigenvalue weighted by molar-refractivity contribution is 9.10. The first kappa shape index (κ1) is 14.8. The van der Waals surface area contributed by atoms with E-state index in [0.29, 0.717) is 25.1 Å². The summed E-state index contributed by atoms with van der Waals surface area (Å²) < 4.78 is 2.73. The second-order valence-electron chi connectivity index (χ2n) is 3.94. The van der Waals surface area contributed by atoms with E-state index in [1.807, 2.05) is 17.7 Å². The van der Waals surface area contributed by atoms with Gasteiger partial charge in [0.25, 0.3) is 5.91 Å². The molecule has 0 aliphatic rings. The fourth-order valence-corrected chi connectivity index (χ4v) is 2.08. The minimum absolute atomic E-state index is 0.127. The topological polar surface area (TPSA) is 71.3 Å². The Hall–Kier alpha value is -1.30. The molecule has 1 heterocycles. The summed E-state index contributed by atoms with van der Waals surface area (Å²) in [6.07, 6.45) is 3.26. The average molecular weight is 317 g/mol. The standard InChI is InChI=1S/C12H17BrN2O3/c1-2-15-8-9(13)7-10(15)12(18)14-6-4-3-5-11(16)17/h7-8H,2-6H2,1H3,(H,14,18)(H,16,17). The Morgan fingerprint density at radius 3 is 2.78 bits per heavy atom. The lowest BCUT2D eigenvalue weighted by atomic mass is 10.2. The van der Waals surface area contributed by atoms with E-state index in [-0.39, 0.29) is 12.3 Å². The molecule has 6 heteroatoms. The van der Waals surface area contributed by atoms with Crippen LogP contribution in [-0.2, 0) is 11.3 Å². The molecule has 0 atom stereocenters. The summed E-state index contributed by atoms with van der Waals surface area (Å²) in [4.78, 5) is 22.2. The quantitative estimate of drug-likeness (QED) is 0.758. The summed E-state index contributed by atoms with van der Waals surface area (Å²) in [7, 11) is 0. The Morgan fingerprint density at radius 2 is 2.17 bits per heavy atom. The largest absolute Gasteiger partial charge is 0.481 e. The maximum Gasteiger partial charge on any atom is 0.303 e. The predicted octanol–water partition coefficient (Wildman–Crippen LogP) is 2.26. The van der Waals surface area contributed by atoms with Crippen molar-refractivity contribution in [1.82, 2.24) is 9.88 Å². The molecule has 0 aliphatic carbocycles. The van der Waals surface area contributed by atoms with Gasteiger partial charge in [-0.05, 0) is 41.8 Å². The normalized spacial score (nSPS) is 10.3. The molecule has 1 rings (SSSR count). The summed E-state index contributed by atoms with van der Waals surface area (Å²) in [5.74, 6) is -0.928. The lowest BCUT2D eigenvalue weighted by molar-refractivity contribution is -0.137. The highest BCUT2D eigenvalue weighted by Crippen LogP contribution is 2.14. The smallest absolute Gasteiger partial charge is 0.303 e. The van der Waals surface area contributed by atoms with E-state index < -0.39 is 5.97 Å². The SMILES string of the molecule is CCn1cc(Br)cc1C(=O)NCCCCC(=O)O. The Kier molecular flexibility index (Phi) is 5.91. The van der Waals surface area contributed by atoms with Gasteiger partial charge in [-0.2, -0.15) is 0 Å². The van der Waals surface area contributed by atoms with Crippen LogP contribution in [0.1, 0.15) is 36.7 Å². The highest BCUT2D eigenvalue weighted by Gasteiger charge is 2.11. The first-order chi connectivity index (χ1) is 8.54. The van der Waals surface area contributed by atoms with Crippen LogP contribution >= 0.6 is 15.9 Å². The van der Waals surface area contributed by atoms with Gasteiger partial charge in [0.1, 0.15) is 5.69 Å². The van der Waals surface area contributed by atoms with Crippen LogP contribution in [0.25, 0.3) is 0 Å². The number of hydrogen-bond donors (Lipinski definition) is 2. The summed E-state index contributed by atoms with van der Waals surface area (Å²) in [6.45, 7) is 3.20. The lowest BCUT2D eigenvalue weighted by Gasteiger charge is -2.07. The zero-order chi connectivity index (χ0) is 13.5. The van der Waals surface area contributed by atoms with Gasteiger partial charge in [0.2, 0.25) is 0 Å². The van der Waals surface area contributed by atoms with Crippen LogP contribution < -0.4 is 5.32 Å². The van der Waals surface area contributed by atoms with Gasteiger partial charge in [-0.1, -0.05) is 0 Å². The number of carboxylic acid groups (broad SMARTS) is 1. The molecule has 5 nitrogen and oxygen atoms in total. The maximum absolute atomic E-state index is 11.9. The van der Waals surface area contributed by atoms with Gasteiger partial charge < -0.3 is 15.0 Å². The molecule has 0 saturated carbocycles. The molecule has 0 aliphatic heterocycles. The number of nitrogens with zero attached hydrogens (tertiary/aromatic N) is 1. The molecule has 2 N–H and O–H groups in total. The lowest BCUT2D eigenvalue weighted by Crippen LogP contribution is -2.26. The number of unbranched alkanes of at least 4 members (excludes halogenated alkanes) is 1. The number of halogens is 1. The number of carbonyl (C=O) groups is 2. The molecule has 0 saturated heterocycles. The van der Waals surface area contributed by atoms with Crippen LogP contribution in [0.5, 0.6) is 0 Å². The van der Waals surface area contributed by atoms with Crippen LogP contribution in [0.3, 0.4) is 0 Å². The summed E-state index contributed by atoms with van der Waals surface area (Å²) in [6, 6.07) is 1.77. The fraction of sp³-hybridized carbons (Fsp3) is 0.500. The van der Waals surface area contributed by atoms with Crippen molar-refractivity contribution in [2.24, 2.45) is 0 Å². The van der Waals surface area contributed by atoms with Crippen molar-refractivity contribution in [2.75, 3.05) is 6.54 Å². The van der Waals surface area contributed by atoms with Crippen LogP contribution in [-0.4, -0.2) is 28.1 Å². The third kappa shape index (κ3) is 4.52. The van der Waals surface area contributed by atoms with Gasteiger partial charge in [-0.15, -0.1) is 0 Å². The van der Waals surface area contributed by atoms with Crippen molar-refractivity contribution in [2.45, 2.75) is 32.7 Å². The number of aliphatic carboxylic acids is 1. The third-order valence-corrected chi connectivity index (χ3v) is 2.97. The van der Waals surface area contributed by atoms with E-state index in [9.17, 15) is 9.59 Å². The van der Waals surface area contributed by atoms with E-state index in [0.717, 1.165) is 11.0 Å². The van der Waals surface area contributed by atoms with Gasteiger partial charge in [0.15, 0.2) is 0 Å². The fourth-order valence-electron chi connectivity index (χ4n) is 1.62. The first-order valence-electron chi connectivity index (χ1n) is 5.90. The number of aryl methyl sites for hydroxylation is 1. The number of aromatic nitrogens is 1. The van der Waals surface area contributed by atoms with Gasteiger partial charge in [0.05, 0.1) is 0 Å². The zero-order valence-electron chi connectivity index (χ0n) is 10.3. The third-order valence-electron chi connectivity index (χ3n) is 2.54. The minimum Gasteiger partial charge on any atom is -0.481 e. The molecule has 0 spiro atoms. The van der Waals surface area contributed by atoms with Crippen molar-refractivity contribution in [3.05, 3.63) is 22.4 Å². The van der Waals surface area contributed by atoms with Gasteiger partial charge in [-0.25, -0.2) is 0 Å². The predicted molar refractivity (Wildman–Crippen MR) is 71.6 cm³/mol. The van der Waals surface area contributed by atoms with E-state index in [2.05, 4.69) is 21.2 Å². The van der Waals surface area contributed by atoms with Crippen molar-refractivity contribution in [1.29, 1.82) is 0 Å². The van der Waals surface area contributed by atoms with Gasteiger partial charge >= 0.3 is 5.97 Å². The number of rotatable bonds is 7. The second kappa shape index (κ2) is 7.20. The Morgan fingerprint density at radius 1 is 1.44 bits per heavy atom. The minimum atomic E-state index is -0.801. The molecular weight excluding hydrogens is 300 g/mol. The first-order valence-corrected chi connectivity index (χ1v) is 6.69. The number of hydrogen-bond acceptors (Lipinski definition) is 2. The molecule has 0 aromatic carbocycles. The van der Waals surface area contributed by atoms with Gasteiger partial charge in [-0.3, -0.25) is 9.59 Å². The molecule has 18 heavy (non-hydrogen) atoms. The van der Waals surface area contributed by atoms with Crippen LogP contribution in [0, 0.1) is 0 Å². The van der Waals surface area contributed by atoms with Crippen molar-refractivity contribution < 1.29 is 14.7 Å². The van der Waals surface area contributed by atoms with E-state index in [1.165, 1.54) is 0 Å². The van der Waals surface area contributed by atoms with Crippen molar-refractivity contribution >= 4 is 27.8 Å². The monoisotopic (exact) mass is 316 g/mol. The zero-order valence-corrected chi connectivity index (χ0v) is 11.9. The van der Waals surface area contributed by atoms with E-state index >= 15 is 0 Å². The Bertz CT molecular complexity index is 429. The summed E-state index contributed by atoms with van der Waals surface area (Å²) >= 11 is 3.33. The van der Waals surface area contributed by atoms with Crippen LogP contribution in [0.4, 0.5) is 0 Å². The highest BCUT2D eigenvalue weighted by atomic mass is 79.9. The molecular formula is C12H17BrN2O3. The molecule has 100 valence electrons. The van der Waals surface area contributed by atoms with Crippen LogP contribution in [0.15, 0.2) is 16.7 Å². The van der Waals surface area contributed by atoms with E-state index in [1.54, 1.807) is 6.07 Å². The molecule has 1 amide bonds. The maximum atomic E-state index is 11.9. The number of amides is 1. The second-order valence-corrected chi connectivity index (χ2v) is 4.85. The molecule has 1 aromatic rings.